The molecule has 0 bridgehead atoms. The Morgan fingerprint density at radius 2 is 2.13 bits per heavy atom. The molecule has 1 aliphatic rings. The number of carbonyl (C=O) groups excluding carboxylic acids is 2. The lowest BCUT2D eigenvalue weighted by Crippen LogP contribution is -2.41. The van der Waals surface area contributed by atoms with Crippen LogP contribution in [-0.2, 0) is 9.53 Å². The first-order valence-corrected chi connectivity index (χ1v) is 9.58. The van der Waals surface area contributed by atoms with Gasteiger partial charge in [0.2, 0.25) is 11.0 Å². The van der Waals surface area contributed by atoms with E-state index in [-0.39, 0.29) is 11.9 Å². The van der Waals surface area contributed by atoms with Gasteiger partial charge in [0.15, 0.2) is 4.34 Å². The number of carbonyl (C=O) groups is 2. The zero-order valence-corrected chi connectivity index (χ0v) is 15.0. The van der Waals surface area contributed by atoms with Gasteiger partial charge in [-0.2, -0.15) is 0 Å². The highest BCUT2D eigenvalue weighted by Gasteiger charge is 2.22. The molecule has 1 saturated carbocycles. The van der Waals surface area contributed by atoms with Crippen LogP contribution < -0.4 is 10.6 Å². The third-order valence-electron chi connectivity index (χ3n) is 3.68. The molecule has 0 spiro atoms. The summed E-state index contributed by atoms with van der Waals surface area (Å²) in [5.74, 6) is 0.862. The fourth-order valence-corrected chi connectivity index (χ4v) is 4.03. The normalized spacial score (nSPS) is 20.8. The van der Waals surface area contributed by atoms with Crippen LogP contribution in [0.1, 0.15) is 39.5 Å². The second-order valence-corrected chi connectivity index (χ2v) is 7.64. The van der Waals surface area contributed by atoms with Crippen molar-refractivity contribution in [3.8, 4) is 0 Å². The maximum atomic E-state index is 12.0. The molecule has 0 aliphatic heterocycles. The smallest absolute Gasteiger partial charge is 0.413 e. The molecule has 0 saturated heterocycles. The standard InChI is InChI=1S/C14H22N4O3S2/c1-3-21-13(20)16-12-17-18-14(23-12)22-8-11(19)15-10-7-5-4-6-9(10)2/h9-10H,3-8H2,1-2H3,(H,15,19)(H,16,17,20)/t9-,10+/m0/s1. The summed E-state index contributed by atoms with van der Waals surface area (Å²) in [4.78, 5) is 23.3. The van der Waals surface area contributed by atoms with Crippen molar-refractivity contribution in [2.45, 2.75) is 49.9 Å². The van der Waals surface area contributed by atoms with Gasteiger partial charge in [0.05, 0.1) is 12.4 Å². The number of thioether (sulfide) groups is 1. The van der Waals surface area contributed by atoms with Crippen LogP contribution in [0.4, 0.5) is 9.93 Å². The molecule has 23 heavy (non-hydrogen) atoms. The van der Waals surface area contributed by atoms with Crippen molar-refractivity contribution >= 4 is 40.2 Å². The van der Waals surface area contributed by atoms with Crippen molar-refractivity contribution in [1.82, 2.24) is 15.5 Å². The number of aromatic nitrogens is 2. The lowest BCUT2D eigenvalue weighted by atomic mass is 9.86. The molecule has 7 nitrogen and oxygen atoms in total. The first kappa shape index (κ1) is 18.0. The molecule has 128 valence electrons. The van der Waals surface area contributed by atoms with Gasteiger partial charge in [-0.3, -0.25) is 10.1 Å². The molecule has 0 aromatic carbocycles. The van der Waals surface area contributed by atoms with E-state index < -0.39 is 6.09 Å². The number of nitrogens with zero attached hydrogens (tertiary/aromatic N) is 2. The monoisotopic (exact) mass is 358 g/mol. The number of ether oxygens (including phenoxy) is 1. The van der Waals surface area contributed by atoms with E-state index in [2.05, 4.69) is 27.8 Å². The molecule has 2 atom stereocenters. The SMILES string of the molecule is CCOC(=O)Nc1nnc(SCC(=O)N[C@@H]2CCCC[C@@H]2C)s1. The van der Waals surface area contributed by atoms with Crippen LogP contribution in [0.2, 0.25) is 0 Å². The molecule has 1 aromatic heterocycles. The van der Waals surface area contributed by atoms with E-state index >= 15 is 0 Å². The summed E-state index contributed by atoms with van der Waals surface area (Å²) in [6.45, 7) is 4.22. The Balaban J connectivity index is 1.74. The predicted octanol–water partition coefficient (Wildman–Crippen LogP) is 2.89. The van der Waals surface area contributed by atoms with E-state index in [4.69, 9.17) is 4.74 Å². The number of nitrogens with one attached hydrogen (secondary N) is 2. The van der Waals surface area contributed by atoms with Crippen LogP contribution in [0, 0.1) is 5.92 Å². The first-order valence-electron chi connectivity index (χ1n) is 7.78. The fraction of sp³-hybridized carbons (Fsp3) is 0.714. The van der Waals surface area contributed by atoms with E-state index in [1.54, 1.807) is 6.92 Å². The fourth-order valence-electron chi connectivity index (χ4n) is 2.48. The largest absolute Gasteiger partial charge is 0.450 e. The molecule has 1 fully saturated rings. The molecule has 1 heterocycles. The van der Waals surface area contributed by atoms with Gasteiger partial charge in [-0.25, -0.2) is 4.79 Å². The van der Waals surface area contributed by atoms with Gasteiger partial charge in [0, 0.05) is 6.04 Å². The Morgan fingerprint density at radius 1 is 1.35 bits per heavy atom. The van der Waals surface area contributed by atoms with E-state index in [0.29, 0.717) is 27.7 Å². The highest BCUT2D eigenvalue weighted by molar-refractivity contribution is 8.01. The Morgan fingerprint density at radius 3 is 2.87 bits per heavy atom. The summed E-state index contributed by atoms with van der Waals surface area (Å²) in [6.07, 6.45) is 4.12. The van der Waals surface area contributed by atoms with Crippen molar-refractivity contribution in [2.75, 3.05) is 17.7 Å². The van der Waals surface area contributed by atoms with E-state index in [9.17, 15) is 9.59 Å². The van der Waals surface area contributed by atoms with Crippen LogP contribution in [0.3, 0.4) is 0 Å². The Labute approximate surface area is 144 Å². The second kappa shape index (κ2) is 9.07. The average molecular weight is 358 g/mol. The summed E-state index contributed by atoms with van der Waals surface area (Å²) in [7, 11) is 0. The van der Waals surface area contributed by atoms with Crippen molar-refractivity contribution in [1.29, 1.82) is 0 Å². The van der Waals surface area contributed by atoms with Crippen LogP contribution in [-0.4, -0.2) is 40.6 Å². The lowest BCUT2D eigenvalue weighted by molar-refractivity contribution is -0.119. The molecule has 1 aliphatic carbocycles. The van der Waals surface area contributed by atoms with Crippen molar-refractivity contribution < 1.29 is 14.3 Å². The van der Waals surface area contributed by atoms with Gasteiger partial charge < -0.3 is 10.1 Å². The Bertz CT molecular complexity index is 538. The topological polar surface area (TPSA) is 93.2 Å². The van der Waals surface area contributed by atoms with Crippen LogP contribution >= 0.6 is 23.1 Å². The minimum atomic E-state index is -0.552. The summed E-state index contributed by atoms with van der Waals surface area (Å²) in [5, 5.41) is 13.8. The van der Waals surface area contributed by atoms with Gasteiger partial charge in [0.1, 0.15) is 0 Å². The summed E-state index contributed by atoms with van der Waals surface area (Å²) in [5.41, 5.74) is 0. The van der Waals surface area contributed by atoms with Crippen molar-refractivity contribution in [3.05, 3.63) is 0 Å². The lowest BCUT2D eigenvalue weighted by Gasteiger charge is -2.29. The number of amides is 2. The Kier molecular flexibility index (Phi) is 7.10. The summed E-state index contributed by atoms with van der Waals surface area (Å²) in [6, 6.07) is 0.285. The van der Waals surface area contributed by atoms with E-state index in [0.717, 1.165) is 6.42 Å². The minimum Gasteiger partial charge on any atom is -0.450 e. The highest BCUT2D eigenvalue weighted by Crippen LogP contribution is 2.26. The highest BCUT2D eigenvalue weighted by atomic mass is 32.2. The van der Waals surface area contributed by atoms with Crippen molar-refractivity contribution in [3.63, 3.8) is 0 Å². The summed E-state index contributed by atoms with van der Waals surface area (Å²) >= 11 is 2.54. The first-order chi connectivity index (χ1) is 11.1. The molecule has 1 aromatic rings. The third-order valence-corrected chi connectivity index (χ3v) is 5.65. The van der Waals surface area contributed by atoms with Crippen LogP contribution in [0.25, 0.3) is 0 Å². The van der Waals surface area contributed by atoms with Gasteiger partial charge in [0.25, 0.3) is 0 Å². The van der Waals surface area contributed by atoms with Gasteiger partial charge in [-0.1, -0.05) is 42.9 Å². The zero-order chi connectivity index (χ0) is 16.7. The van der Waals surface area contributed by atoms with Gasteiger partial charge in [-0.15, -0.1) is 10.2 Å². The second-order valence-electron chi connectivity index (χ2n) is 5.44. The maximum Gasteiger partial charge on any atom is 0.413 e. The summed E-state index contributed by atoms with van der Waals surface area (Å²) < 4.78 is 5.41. The molecule has 0 unspecified atom stereocenters. The predicted molar refractivity (Wildman–Crippen MR) is 90.8 cm³/mol. The molecular weight excluding hydrogens is 336 g/mol. The maximum absolute atomic E-state index is 12.0. The van der Waals surface area contributed by atoms with Crippen LogP contribution in [0.5, 0.6) is 0 Å². The minimum absolute atomic E-state index is 0.0175. The molecule has 0 radical (unpaired) electrons. The van der Waals surface area contributed by atoms with Crippen molar-refractivity contribution in [2.24, 2.45) is 5.92 Å². The quantitative estimate of drug-likeness (QED) is 0.600. The van der Waals surface area contributed by atoms with E-state index in [1.807, 2.05) is 0 Å². The Hall–Kier alpha value is -1.35. The average Bonchev–Trinajstić information content (AvgIpc) is 2.95. The number of hydrogen-bond donors (Lipinski definition) is 2. The third kappa shape index (κ3) is 5.98. The molecule has 2 amide bonds. The number of rotatable bonds is 6. The van der Waals surface area contributed by atoms with Gasteiger partial charge >= 0.3 is 6.09 Å². The number of hydrogen-bond acceptors (Lipinski definition) is 7. The molecular formula is C14H22N4O3S2. The number of anilines is 1. The molecule has 2 rings (SSSR count). The molecule has 2 N–H and O–H groups in total. The van der Waals surface area contributed by atoms with E-state index in [1.165, 1.54) is 42.4 Å². The molecule has 9 heteroatoms. The van der Waals surface area contributed by atoms with Gasteiger partial charge in [-0.05, 0) is 25.7 Å². The van der Waals surface area contributed by atoms with Crippen LogP contribution in [0.15, 0.2) is 4.34 Å². The zero-order valence-electron chi connectivity index (χ0n) is 13.3.